The molecule has 0 amide bonds. The van der Waals surface area contributed by atoms with Gasteiger partial charge in [0.05, 0.1) is 36.2 Å². The summed E-state index contributed by atoms with van der Waals surface area (Å²) in [5, 5.41) is 10.4. The van der Waals surface area contributed by atoms with Crippen molar-refractivity contribution in [2.45, 2.75) is 38.8 Å². The van der Waals surface area contributed by atoms with Crippen molar-refractivity contribution in [1.82, 2.24) is 9.55 Å². The number of nitrogens with zero attached hydrogens (tertiary/aromatic N) is 3. The fraction of sp³-hybridized carbons (Fsp3) is 0.276. The lowest BCUT2D eigenvalue weighted by atomic mass is 9.80. The summed E-state index contributed by atoms with van der Waals surface area (Å²) in [5.74, 6) is 0.437. The Bertz CT molecular complexity index is 1380. The molecule has 37 heavy (non-hydrogen) atoms. The number of aliphatic hydroxyl groups is 1. The smallest absolute Gasteiger partial charge is 0.148 e. The number of rotatable bonds is 8. The summed E-state index contributed by atoms with van der Waals surface area (Å²) in [6.07, 6.45) is 1.11. The second-order valence-corrected chi connectivity index (χ2v) is 9.96. The molecule has 0 saturated carbocycles. The van der Waals surface area contributed by atoms with Crippen molar-refractivity contribution in [3.05, 3.63) is 106 Å². The number of ether oxygens (including phenoxy) is 1. The van der Waals surface area contributed by atoms with Gasteiger partial charge in [-0.2, -0.15) is 0 Å². The van der Waals surface area contributed by atoms with Gasteiger partial charge in [0.25, 0.3) is 0 Å². The zero-order valence-electron chi connectivity index (χ0n) is 21.5. The molecule has 0 aliphatic carbocycles. The van der Waals surface area contributed by atoms with E-state index in [-0.39, 0.29) is 18.0 Å². The highest BCUT2D eigenvalue weighted by Crippen LogP contribution is 2.38. The van der Waals surface area contributed by atoms with Gasteiger partial charge in [0.2, 0.25) is 0 Å². The SMILES string of the molecule is COc1cc(C(C)(C)c2cnc(CN(C)c3c(F)cccc3Cl)n2-c2ccc(F)cc2)ccc1C(C)O. The highest BCUT2D eigenvalue weighted by atomic mass is 35.5. The largest absolute Gasteiger partial charge is 0.496 e. The maximum atomic E-state index is 14.6. The molecule has 0 bridgehead atoms. The van der Waals surface area contributed by atoms with Crippen LogP contribution in [0.25, 0.3) is 5.69 Å². The van der Waals surface area contributed by atoms with Gasteiger partial charge in [-0.15, -0.1) is 0 Å². The molecule has 1 aromatic heterocycles. The molecular weight excluding hydrogens is 496 g/mol. The quantitative estimate of drug-likeness (QED) is 0.274. The number of anilines is 1. The van der Waals surface area contributed by atoms with E-state index in [1.165, 1.54) is 18.2 Å². The maximum absolute atomic E-state index is 14.6. The van der Waals surface area contributed by atoms with Crippen LogP contribution in [-0.4, -0.2) is 28.8 Å². The van der Waals surface area contributed by atoms with Gasteiger partial charge in [-0.25, -0.2) is 13.8 Å². The molecule has 4 rings (SSSR count). The third-order valence-electron chi connectivity index (χ3n) is 6.66. The molecule has 1 N–H and O–H groups in total. The first-order valence-electron chi connectivity index (χ1n) is 11.9. The standard InChI is InChI=1S/C29H30ClF2N3O2/c1-18(36)22-14-9-19(15-25(22)37-5)29(2,3)26-16-33-27(35(26)21-12-10-20(31)11-13-21)17-34(4)28-23(30)7-6-8-24(28)32/h6-16,18,36H,17H2,1-5H3. The lowest BCUT2D eigenvalue weighted by Gasteiger charge is -2.29. The molecule has 0 aliphatic rings. The number of methoxy groups -OCH3 is 1. The van der Waals surface area contributed by atoms with E-state index < -0.39 is 17.3 Å². The van der Waals surface area contributed by atoms with Gasteiger partial charge in [-0.1, -0.05) is 43.6 Å². The van der Waals surface area contributed by atoms with E-state index in [2.05, 4.69) is 13.8 Å². The van der Waals surface area contributed by atoms with E-state index in [4.69, 9.17) is 21.3 Å². The van der Waals surface area contributed by atoms with Gasteiger partial charge < -0.3 is 14.7 Å². The lowest BCUT2D eigenvalue weighted by Crippen LogP contribution is -2.26. The van der Waals surface area contributed by atoms with Gasteiger partial charge in [0, 0.05) is 29.9 Å². The zero-order chi connectivity index (χ0) is 26.9. The van der Waals surface area contributed by atoms with Crippen molar-refractivity contribution < 1.29 is 18.6 Å². The van der Waals surface area contributed by atoms with Crippen molar-refractivity contribution in [3.8, 4) is 11.4 Å². The average molecular weight is 526 g/mol. The van der Waals surface area contributed by atoms with E-state index in [0.717, 1.165) is 16.9 Å². The van der Waals surface area contributed by atoms with Gasteiger partial charge >= 0.3 is 0 Å². The Morgan fingerprint density at radius 2 is 1.81 bits per heavy atom. The van der Waals surface area contributed by atoms with Crippen molar-refractivity contribution in [3.63, 3.8) is 0 Å². The molecular formula is C29H30ClF2N3O2. The van der Waals surface area contributed by atoms with Crippen molar-refractivity contribution in [2.75, 3.05) is 19.1 Å². The minimum absolute atomic E-state index is 0.248. The Kier molecular flexibility index (Phi) is 7.57. The molecule has 0 saturated heterocycles. The van der Waals surface area contributed by atoms with Crippen LogP contribution < -0.4 is 9.64 Å². The molecule has 0 aliphatic heterocycles. The molecule has 1 atom stereocenters. The molecule has 8 heteroatoms. The highest BCUT2D eigenvalue weighted by molar-refractivity contribution is 6.33. The van der Waals surface area contributed by atoms with Crippen LogP contribution in [0.4, 0.5) is 14.5 Å². The van der Waals surface area contributed by atoms with Crippen LogP contribution in [0.15, 0.2) is 66.9 Å². The number of aliphatic hydroxyl groups excluding tert-OH is 1. The van der Waals surface area contributed by atoms with Gasteiger partial charge in [-0.05, 0) is 55.0 Å². The number of benzene rings is 3. The van der Waals surface area contributed by atoms with E-state index in [9.17, 15) is 13.9 Å². The van der Waals surface area contributed by atoms with Crippen LogP contribution in [0.1, 0.15) is 49.5 Å². The van der Waals surface area contributed by atoms with E-state index in [1.807, 2.05) is 22.8 Å². The molecule has 0 spiro atoms. The van der Waals surface area contributed by atoms with Gasteiger partial charge in [-0.3, -0.25) is 4.57 Å². The predicted octanol–water partition coefficient (Wildman–Crippen LogP) is 6.83. The summed E-state index contributed by atoms with van der Waals surface area (Å²) in [6.45, 7) is 6.06. The van der Waals surface area contributed by atoms with Crippen LogP contribution in [0.2, 0.25) is 5.02 Å². The average Bonchev–Trinajstić information content (AvgIpc) is 3.28. The Labute approximate surface area is 220 Å². The lowest BCUT2D eigenvalue weighted by molar-refractivity contribution is 0.194. The minimum Gasteiger partial charge on any atom is -0.496 e. The molecule has 4 aromatic rings. The van der Waals surface area contributed by atoms with E-state index >= 15 is 0 Å². The Morgan fingerprint density at radius 1 is 1.11 bits per heavy atom. The monoisotopic (exact) mass is 525 g/mol. The predicted molar refractivity (Wildman–Crippen MR) is 143 cm³/mol. The van der Waals surface area contributed by atoms with Gasteiger partial charge in [0.15, 0.2) is 0 Å². The van der Waals surface area contributed by atoms with Crippen molar-refractivity contribution in [1.29, 1.82) is 0 Å². The Balaban J connectivity index is 1.84. The minimum atomic E-state index is -0.677. The van der Waals surface area contributed by atoms with Crippen LogP contribution in [0.5, 0.6) is 5.75 Å². The van der Waals surface area contributed by atoms with Crippen LogP contribution >= 0.6 is 11.6 Å². The second kappa shape index (κ2) is 10.5. The van der Waals surface area contributed by atoms with E-state index in [0.29, 0.717) is 22.2 Å². The second-order valence-electron chi connectivity index (χ2n) is 9.56. The van der Waals surface area contributed by atoms with Gasteiger partial charge in [0.1, 0.15) is 23.2 Å². The highest BCUT2D eigenvalue weighted by Gasteiger charge is 2.31. The molecule has 1 unspecified atom stereocenters. The first-order chi connectivity index (χ1) is 17.5. The van der Waals surface area contributed by atoms with Crippen molar-refractivity contribution in [2.24, 2.45) is 0 Å². The number of hydrogen-bond donors (Lipinski definition) is 1. The number of hydrogen-bond acceptors (Lipinski definition) is 4. The number of halogens is 3. The van der Waals surface area contributed by atoms with Crippen LogP contribution in [0.3, 0.4) is 0 Å². The van der Waals surface area contributed by atoms with Crippen LogP contribution in [0, 0.1) is 11.6 Å². The third-order valence-corrected chi connectivity index (χ3v) is 6.97. The fourth-order valence-corrected chi connectivity index (χ4v) is 4.87. The maximum Gasteiger partial charge on any atom is 0.148 e. The zero-order valence-corrected chi connectivity index (χ0v) is 22.2. The normalized spacial score (nSPS) is 12.5. The molecule has 5 nitrogen and oxygen atoms in total. The first-order valence-corrected chi connectivity index (χ1v) is 12.3. The summed E-state index contributed by atoms with van der Waals surface area (Å²) >= 11 is 6.31. The molecule has 1 heterocycles. The molecule has 3 aromatic carbocycles. The number of para-hydroxylation sites is 1. The summed E-state index contributed by atoms with van der Waals surface area (Å²) < 4.78 is 35.9. The summed E-state index contributed by atoms with van der Waals surface area (Å²) in [6, 6.07) is 16.5. The van der Waals surface area contributed by atoms with Crippen molar-refractivity contribution >= 4 is 17.3 Å². The summed E-state index contributed by atoms with van der Waals surface area (Å²) in [4.78, 5) is 6.42. The third kappa shape index (κ3) is 5.20. The molecule has 0 fully saturated rings. The molecule has 194 valence electrons. The first kappa shape index (κ1) is 26.6. The van der Waals surface area contributed by atoms with Crippen LogP contribution in [-0.2, 0) is 12.0 Å². The fourth-order valence-electron chi connectivity index (χ4n) is 4.56. The summed E-state index contributed by atoms with van der Waals surface area (Å²) in [5.41, 5.74) is 2.90. The number of imidazole rings is 1. The number of aromatic nitrogens is 2. The topological polar surface area (TPSA) is 50.5 Å². The molecule has 0 radical (unpaired) electrons. The Morgan fingerprint density at radius 3 is 2.43 bits per heavy atom. The van der Waals surface area contributed by atoms with E-state index in [1.54, 1.807) is 56.4 Å². The Hall–Kier alpha value is -3.42. The summed E-state index contributed by atoms with van der Waals surface area (Å²) in [7, 11) is 3.32.